The summed E-state index contributed by atoms with van der Waals surface area (Å²) < 4.78 is 226. The molecule has 0 aliphatic carbocycles. The summed E-state index contributed by atoms with van der Waals surface area (Å²) in [7, 11) is 0. The highest BCUT2D eigenvalue weighted by atomic mass is 19.2. The van der Waals surface area contributed by atoms with E-state index >= 15 is 26.3 Å². The van der Waals surface area contributed by atoms with Gasteiger partial charge >= 0.3 is 0 Å². The second-order valence-electron chi connectivity index (χ2n) is 13.2. The first-order chi connectivity index (χ1) is 29.2. The van der Waals surface area contributed by atoms with Crippen molar-refractivity contribution in [1.29, 1.82) is 0 Å². The normalized spacial score (nSPS) is 12.5. The lowest BCUT2D eigenvalue weighted by molar-refractivity contribution is -0.383. The molecular formula is C37H11F15N6O4. The van der Waals surface area contributed by atoms with Crippen LogP contribution in [0.1, 0.15) is 22.8 Å². The minimum Gasteiger partial charge on any atom is -0.361 e. The highest BCUT2D eigenvalue weighted by Gasteiger charge is 2.36. The van der Waals surface area contributed by atoms with Crippen LogP contribution in [0, 0.1) is 107 Å². The zero-order valence-corrected chi connectivity index (χ0v) is 29.4. The van der Waals surface area contributed by atoms with Crippen molar-refractivity contribution in [3.05, 3.63) is 142 Å². The Kier molecular flexibility index (Phi) is 9.46. The molecule has 0 fully saturated rings. The number of benzene rings is 3. The smallest absolute Gasteiger partial charge is 0.295 e. The Hall–Kier alpha value is -7.60. The van der Waals surface area contributed by atoms with Crippen LogP contribution < -0.4 is 0 Å². The van der Waals surface area contributed by atoms with E-state index in [-0.39, 0.29) is 0 Å². The summed E-state index contributed by atoms with van der Waals surface area (Å²) in [5.41, 5.74) is -19.8. The molecule has 0 saturated heterocycles. The van der Waals surface area contributed by atoms with E-state index in [0.717, 1.165) is 0 Å². The summed E-state index contributed by atoms with van der Waals surface area (Å²) >= 11 is 0. The van der Waals surface area contributed by atoms with Gasteiger partial charge in [-0.05, 0) is 25.0 Å². The van der Waals surface area contributed by atoms with Crippen molar-refractivity contribution in [2.24, 2.45) is 0 Å². The van der Waals surface area contributed by atoms with E-state index in [1.54, 1.807) is 0 Å². The molecule has 3 aromatic carbocycles. The molecule has 0 amide bonds. The number of aryl methyl sites for hydroxylation is 2. The molecule has 0 radical (unpaired) electrons. The average Bonchev–Trinajstić information content (AvgIpc) is 4.08. The molecule has 0 unspecified atom stereocenters. The van der Waals surface area contributed by atoms with Gasteiger partial charge in [0.25, 0.3) is 11.4 Å². The predicted octanol–water partition coefficient (Wildman–Crippen LogP) is 11.1. The molecule has 2 aliphatic rings. The molecule has 3 N–H and O–H groups in total. The number of rotatable bonds is 5. The molecule has 3 aromatic heterocycles. The third kappa shape index (κ3) is 5.81. The van der Waals surface area contributed by atoms with Crippen LogP contribution in [0.5, 0.6) is 0 Å². The number of fused-ring (bicyclic) bond motifs is 9. The first-order valence-electron chi connectivity index (χ1n) is 16.7. The zero-order chi connectivity index (χ0) is 45.1. The van der Waals surface area contributed by atoms with Gasteiger partial charge in [0.1, 0.15) is 11.0 Å². The van der Waals surface area contributed by atoms with Crippen LogP contribution in [0.25, 0.3) is 67.6 Å². The van der Waals surface area contributed by atoms with Gasteiger partial charge in [0, 0.05) is 40.2 Å². The van der Waals surface area contributed by atoms with E-state index in [4.69, 9.17) is 0 Å². The molecule has 8 bridgehead atoms. The molecule has 6 aromatic rings. The highest BCUT2D eigenvalue weighted by molar-refractivity contribution is 6.00. The predicted molar refractivity (Wildman–Crippen MR) is 183 cm³/mol. The number of nitrogens with one attached hydrogen (secondary N) is 3. The van der Waals surface area contributed by atoms with Crippen LogP contribution in [0.3, 0.4) is 0 Å². The van der Waals surface area contributed by atoms with Crippen LogP contribution in [0.15, 0.2) is 12.1 Å². The topological polar surface area (TPSA) is 147 Å². The van der Waals surface area contributed by atoms with Crippen LogP contribution in [0.2, 0.25) is 0 Å². The molecule has 2 aliphatic heterocycles. The quantitative estimate of drug-likeness (QED) is 0.0518. The minimum absolute atomic E-state index is 0.452. The Morgan fingerprint density at radius 1 is 0.403 bits per heavy atom. The number of hydrogen-bond donors (Lipinski definition) is 3. The Morgan fingerprint density at radius 3 is 1.06 bits per heavy atom. The molecule has 62 heavy (non-hydrogen) atoms. The number of halogens is 15. The van der Waals surface area contributed by atoms with Gasteiger partial charge in [-0.1, -0.05) is 0 Å². The molecule has 0 saturated carbocycles. The van der Waals surface area contributed by atoms with E-state index in [1.807, 2.05) is 0 Å². The fourth-order valence-corrected chi connectivity index (χ4v) is 7.13. The van der Waals surface area contributed by atoms with Crippen molar-refractivity contribution in [2.45, 2.75) is 12.8 Å². The first-order valence-corrected chi connectivity index (χ1v) is 16.7. The number of nitrogens with zero attached hydrogens (tertiary/aromatic N) is 3. The number of hydrogen-bond acceptors (Lipinski definition) is 5. The van der Waals surface area contributed by atoms with E-state index in [1.165, 1.54) is 0 Å². The third-order valence-corrected chi connectivity index (χ3v) is 9.84. The van der Waals surface area contributed by atoms with Crippen LogP contribution in [0.4, 0.5) is 77.2 Å². The molecule has 318 valence electrons. The van der Waals surface area contributed by atoms with E-state index in [0.29, 0.717) is 24.3 Å². The maximum Gasteiger partial charge on any atom is 0.295 e. The SMILES string of the molecule is O=[N+]([O-])c1cc2[nH]c1c(-c1c(F)c(F)c(F)c(F)c1F)c1nc(c(-c3c(F)c(F)c(F)c(F)c3F)c3[nH]c(c(-c4c(F)c(F)c(F)c(F)c4F)c4[nH]c2cc4[N+](=O)[O-])CC3)C=C1. The third-order valence-electron chi connectivity index (χ3n) is 9.84. The monoisotopic (exact) mass is 888 g/mol. The minimum atomic E-state index is -2.72. The Labute approximate surface area is 329 Å². The molecule has 8 rings (SSSR count). The number of aromatic nitrogens is 4. The Morgan fingerprint density at radius 2 is 0.694 bits per heavy atom. The van der Waals surface area contributed by atoms with E-state index in [9.17, 15) is 59.7 Å². The van der Waals surface area contributed by atoms with Crippen molar-refractivity contribution in [2.75, 3.05) is 0 Å². The Bertz CT molecular complexity index is 3200. The van der Waals surface area contributed by atoms with E-state index < -0.39 is 200 Å². The lowest BCUT2D eigenvalue weighted by atomic mass is 9.97. The second kappa shape index (κ2) is 14.3. The fraction of sp³-hybridized carbons (Fsp3) is 0.0541. The number of H-pyrrole nitrogens is 3. The number of aromatic amines is 3. The van der Waals surface area contributed by atoms with Crippen molar-refractivity contribution in [3.63, 3.8) is 0 Å². The van der Waals surface area contributed by atoms with Gasteiger partial charge in [-0.3, -0.25) is 20.2 Å². The summed E-state index contributed by atoms with van der Waals surface area (Å²) in [6.45, 7) is 0. The first kappa shape index (κ1) is 41.1. The average molecular weight is 889 g/mol. The maximum atomic E-state index is 15.7. The van der Waals surface area contributed by atoms with Crippen LogP contribution >= 0.6 is 0 Å². The van der Waals surface area contributed by atoms with Crippen molar-refractivity contribution < 1.29 is 75.7 Å². The van der Waals surface area contributed by atoms with Gasteiger partial charge in [0.15, 0.2) is 69.8 Å². The van der Waals surface area contributed by atoms with Gasteiger partial charge < -0.3 is 15.0 Å². The molecule has 10 nitrogen and oxygen atoms in total. The lowest BCUT2D eigenvalue weighted by Gasteiger charge is -2.12. The van der Waals surface area contributed by atoms with Crippen molar-refractivity contribution >= 4 is 45.6 Å². The van der Waals surface area contributed by atoms with E-state index in [2.05, 4.69) is 19.9 Å². The van der Waals surface area contributed by atoms with Gasteiger partial charge in [0.05, 0.1) is 49.0 Å². The molecule has 5 heterocycles. The molecule has 0 spiro atoms. The summed E-state index contributed by atoms with van der Waals surface area (Å²) in [5.74, 6) is -39.5. The standard InChI is InChI=1S/C37H11F15N6O4/c38-21-18(22(39)28(45)33(50)27(21)44)15-7-1-3-9(53-7)16(19-23(40)29(46)34(51)30(47)24(19)41)36-13(57(59)60)5-11(55-36)12-6-14(58(61)62)37(56-12)17(10-4-2-8(15)54-10)20-25(42)31(48)35(52)32(49)26(20)43/h1,3,5-6,54-56H,2,4H2. The van der Waals surface area contributed by atoms with Gasteiger partial charge in [0.2, 0.25) is 17.5 Å². The van der Waals surface area contributed by atoms with Crippen LogP contribution in [-0.4, -0.2) is 29.8 Å². The van der Waals surface area contributed by atoms with Gasteiger partial charge in [-0.25, -0.2) is 70.8 Å². The summed E-state index contributed by atoms with van der Waals surface area (Å²) in [4.78, 5) is 33.0. The Balaban J connectivity index is 1.73. The van der Waals surface area contributed by atoms with Gasteiger partial charge in [-0.15, -0.1) is 0 Å². The van der Waals surface area contributed by atoms with Crippen molar-refractivity contribution in [3.8, 4) is 33.4 Å². The largest absolute Gasteiger partial charge is 0.361 e. The zero-order valence-electron chi connectivity index (χ0n) is 29.4. The van der Waals surface area contributed by atoms with Gasteiger partial charge in [-0.2, -0.15) is 0 Å². The number of nitro groups is 2. The van der Waals surface area contributed by atoms with Crippen molar-refractivity contribution in [1.82, 2.24) is 19.9 Å². The summed E-state index contributed by atoms with van der Waals surface area (Å²) in [5, 5.41) is 25.0. The molecule has 25 heteroatoms. The molecule has 0 atom stereocenters. The second-order valence-corrected chi connectivity index (χ2v) is 13.2. The van der Waals surface area contributed by atoms with Crippen LogP contribution in [-0.2, 0) is 12.8 Å². The highest BCUT2D eigenvalue weighted by Crippen LogP contribution is 2.45. The summed E-state index contributed by atoms with van der Waals surface area (Å²) in [6.07, 6.45) is -0.403. The lowest BCUT2D eigenvalue weighted by Crippen LogP contribution is -2.06. The molecular weight excluding hydrogens is 877 g/mol. The fourth-order valence-electron chi connectivity index (χ4n) is 7.13. The summed E-state index contributed by atoms with van der Waals surface area (Å²) in [6, 6.07) is 0.920. The maximum absolute atomic E-state index is 15.7.